The molecule has 0 amide bonds. The molecule has 0 saturated carbocycles. The molecule has 0 fully saturated rings. The second-order valence-corrected chi connectivity index (χ2v) is 8.53. The van der Waals surface area contributed by atoms with Gasteiger partial charge >= 0.3 is 0 Å². The Balaban J connectivity index is 2.41. The van der Waals surface area contributed by atoms with Gasteiger partial charge in [-0.1, -0.05) is 38.9 Å². The molecular formula is C11H11BrClN3O2S2. The Bertz CT molecular complexity index is 731. The highest BCUT2D eigenvalue weighted by Crippen LogP contribution is 2.31. The maximum absolute atomic E-state index is 12.3. The molecule has 0 bridgehead atoms. The third-order valence-corrected chi connectivity index (χ3v) is 5.84. The summed E-state index contributed by atoms with van der Waals surface area (Å²) in [6.45, 7) is 0. The zero-order valence-corrected chi connectivity index (χ0v) is 14.6. The summed E-state index contributed by atoms with van der Waals surface area (Å²) in [5, 5.41) is 0. The fourth-order valence-electron chi connectivity index (χ4n) is 1.54. The molecule has 1 aromatic heterocycles. The summed E-state index contributed by atoms with van der Waals surface area (Å²) in [6, 6.07) is 5.37. The van der Waals surface area contributed by atoms with Crippen molar-refractivity contribution in [3.05, 3.63) is 33.3 Å². The van der Waals surface area contributed by atoms with E-state index in [1.165, 1.54) is 6.20 Å². The first-order chi connectivity index (χ1) is 9.29. The highest BCUT2D eigenvalue weighted by molar-refractivity contribution is 9.10. The van der Waals surface area contributed by atoms with Crippen molar-refractivity contribution >= 4 is 60.3 Å². The highest BCUT2D eigenvalue weighted by Gasteiger charge is 2.19. The smallest absolute Gasteiger partial charge is 0.273 e. The average molecular weight is 397 g/mol. The molecule has 0 aliphatic heterocycles. The number of nitrogens with zero attached hydrogens (tertiary/aromatic N) is 2. The molecule has 1 heterocycles. The first-order valence-corrected chi connectivity index (χ1v) is 8.87. The molecule has 0 spiro atoms. The van der Waals surface area contributed by atoms with E-state index >= 15 is 0 Å². The van der Waals surface area contributed by atoms with E-state index in [-0.39, 0.29) is 8.68 Å². The molecule has 0 radical (unpaired) electrons. The number of sulfonamides is 1. The number of thiazole rings is 1. The van der Waals surface area contributed by atoms with Gasteiger partial charge in [0.05, 0.1) is 17.6 Å². The number of benzene rings is 1. The topological polar surface area (TPSA) is 62.3 Å². The summed E-state index contributed by atoms with van der Waals surface area (Å²) in [4.78, 5) is 5.57. The van der Waals surface area contributed by atoms with Gasteiger partial charge in [0.1, 0.15) is 0 Å². The summed E-state index contributed by atoms with van der Waals surface area (Å²) in [7, 11) is -0.0154. The monoisotopic (exact) mass is 395 g/mol. The van der Waals surface area contributed by atoms with Gasteiger partial charge in [0.2, 0.25) is 0 Å². The van der Waals surface area contributed by atoms with E-state index in [0.29, 0.717) is 5.69 Å². The van der Waals surface area contributed by atoms with Crippen LogP contribution in [0.3, 0.4) is 0 Å². The maximum Gasteiger partial charge on any atom is 0.273 e. The van der Waals surface area contributed by atoms with E-state index in [9.17, 15) is 8.42 Å². The van der Waals surface area contributed by atoms with Gasteiger partial charge in [-0.3, -0.25) is 4.72 Å². The van der Waals surface area contributed by atoms with Crippen molar-refractivity contribution in [1.82, 2.24) is 4.98 Å². The van der Waals surface area contributed by atoms with Gasteiger partial charge in [-0.15, -0.1) is 0 Å². The SMILES string of the molecule is CN(C)c1ccc(Br)cc1NS(=O)(=O)c1cnc(Cl)s1. The van der Waals surface area contributed by atoms with Crippen LogP contribution in [0.2, 0.25) is 4.47 Å². The van der Waals surface area contributed by atoms with E-state index in [2.05, 4.69) is 25.6 Å². The van der Waals surface area contributed by atoms with Crippen LogP contribution in [0.25, 0.3) is 0 Å². The van der Waals surface area contributed by atoms with Crippen molar-refractivity contribution < 1.29 is 8.42 Å². The Morgan fingerprint density at radius 1 is 1.40 bits per heavy atom. The van der Waals surface area contributed by atoms with Crippen molar-refractivity contribution in [2.24, 2.45) is 0 Å². The van der Waals surface area contributed by atoms with Gasteiger partial charge in [0.15, 0.2) is 8.68 Å². The Kier molecular flexibility index (Phi) is 4.58. The summed E-state index contributed by atoms with van der Waals surface area (Å²) < 4.78 is 28.1. The van der Waals surface area contributed by atoms with Crippen molar-refractivity contribution in [3.8, 4) is 0 Å². The van der Waals surface area contributed by atoms with E-state index in [1.807, 2.05) is 31.1 Å². The molecule has 0 aliphatic carbocycles. The summed E-state index contributed by atoms with van der Waals surface area (Å²) in [5.74, 6) is 0. The number of rotatable bonds is 4. The quantitative estimate of drug-likeness (QED) is 0.860. The van der Waals surface area contributed by atoms with E-state index < -0.39 is 10.0 Å². The normalized spacial score (nSPS) is 11.4. The summed E-state index contributed by atoms with van der Waals surface area (Å²) in [5.41, 5.74) is 1.24. The molecule has 2 rings (SSSR count). The number of anilines is 2. The minimum absolute atomic E-state index is 0.0761. The highest BCUT2D eigenvalue weighted by atomic mass is 79.9. The lowest BCUT2D eigenvalue weighted by Gasteiger charge is -2.18. The number of hydrogen-bond donors (Lipinski definition) is 1. The molecule has 5 nitrogen and oxygen atoms in total. The van der Waals surface area contributed by atoms with Crippen LogP contribution in [-0.4, -0.2) is 27.5 Å². The van der Waals surface area contributed by atoms with Crippen molar-refractivity contribution in [2.45, 2.75) is 4.21 Å². The minimum Gasteiger partial charge on any atom is -0.376 e. The van der Waals surface area contributed by atoms with Crippen LogP contribution in [0.1, 0.15) is 0 Å². The van der Waals surface area contributed by atoms with Crippen LogP contribution in [0.4, 0.5) is 11.4 Å². The molecule has 1 aromatic carbocycles. The molecular weight excluding hydrogens is 386 g/mol. The van der Waals surface area contributed by atoms with Crippen molar-refractivity contribution in [3.63, 3.8) is 0 Å². The number of halogens is 2. The van der Waals surface area contributed by atoms with Crippen LogP contribution < -0.4 is 9.62 Å². The predicted molar refractivity (Wildman–Crippen MR) is 86.4 cm³/mol. The molecule has 1 N–H and O–H groups in total. The molecule has 0 saturated heterocycles. The lowest BCUT2D eigenvalue weighted by atomic mass is 10.2. The number of aromatic nitrogens is 1. The Morgan fingerprint density at radius 3 is 2.65 bits per heavy atom. The molecule has 9 heteroatoms. The van der Waals surface area contributed by atoms with E-state index in [4.69, 9.17) is 11.6 Å². The Hall–Kier alpha value is -0.830. The second kappa shape index (κ2) is 5.88. The maximum atomic E-state index is 12.3. The lowest BCUT2D eigenvalue weighted by molar-refractivity contribution is 0.603. The van der Waals surface area contributed by atoms with Gasteiger partial charge in [-0.2, -0.15) is 0 Å². The van der Waals surface area contributed by atoms with Crippen molar-refractivity contribution in [1.29, 1.82) is 0 Å². The van der Waals surface area contributed by atoms with E-state index in [0.717, 1.165) is 21.5 Å². The first kappa shape index (κ1) is 15.6. The molecule has 0 aliphatic rings. The van der Waals surface area contributed by atoms with Gasteiger partial charge in [-0.05, 0) is 18.2 Å². The fourth-order valence-corrected chi connectivity index (χ4v) is 4.26. The molecule has 0 unspecified atom stereocenters. The minimum atomic E-state index is -3.69. The van der Waals surface area contributed by atoms with Crippen LogP contribution in [0, 0.1) is 0 Å². The fraction of sp³-hybridized carbons (Fsp3) is 0.182. The van der Waals surface area contributed by atoms with Gasteiger partial charge in [-0.25, -0.2) is 13.4 Å². The van der Waals surface area contributed by atoms with Crippen LogP contribution >= 0.6 is 38.9 Å². The van der Waals surface area contributed by atoms with Gasteiger partial charge in [0.25, 0.3) is 10.0 Å². The Labute approximate surface area is 134 Å². The third-order valence-electron chi connectivity index (χ3n) is 2.41. The van der Waals surface area contributed by atoms with E-state index in [1.54, 1.807) is 6.07 Å². The predicted octanol–water partition coefficient (Wildman–Crippen LogP) is 3.43. The van der Waals surface area contributed by atoms with Crippen LogP contribution in [0.5, 0.6) is 0 Å². The lowest BCUT2D eigenvalue weighted by Crippen LogP contribution is -2.16. The molecule has 0 atom stereocenters. The first-order valence-electron chi connectivity index (χ1n) is 5.40. The molecule has 2 aromatic rings. The van der Waals surface area contributed by atoms with Gasteiger partial charge in [0, 0.05) is 18.6 Å². The molecule has 108 valence electrons. The third kappa shape index (κ3) is 3.43. The number of nitrogens with one attached hydrogen (secondary N) is 1. The number of hydrogen-bond acceptors (Lipinski definition) is 5. The summed E-state index contributed by atoms with van der Waals surface area (Å²) >= 11 is 9.92. The standard InChI is InChI=1S/C11H11BrClN3O2S2/c1-16(2)9-4-3-7(12)5-8(9)15-20(17,18)10-6-14-11(13)19-10/h3-6,15H,1-2H3. The Morgan fingerprint density at radius 2 is 2.10 bits per heavy atom. The average Bonchev–Trinajstić information content (AvgIpc) is 2.75. The van der Waals surface area contributed by atoms with Crippen LogP contribution in [0.15, 0.2) is 33.1 Å². The summed E-state index contributed by atoms with van der Waals surface area (Å²) in [6.07, 6.45) is 1.24. The van der Waals surface area contributed by atoms with Crippen molar-refractivity contribution in [2.75, 3.05) is 23.7 Å². The molecule has 20 heavy (non-hydrogen) atoms. The van der Waals surface area contributed by atoms with Gasteiger partial charge < -0.3 is 4.90 Å². The second-order valence-electron chi connectivity index (χ2n) is 4.09. The zero-order chi connectivity index (χ0) is 14.9. The van der Waals surface area contributed by atoms with Crippen LogP contribution in [-0.2, 0) is 10.0 Å². The largest absolute Gasteiger partial charge is 0.376 e. The zero-order valence-electron chi connectivity index (χ0n) is 10.6.